The van der Waals surface area contributed by atoms with Crippen molar-refractivity contribution in [3.63, 3.8) is 0 Å². The molecule has 0 saturated heterocycles. The van der Waals surface area contributed by atoms with E-state index in [-0.39, 0.29) is 17.3 Å². The van der Waals surface area contributed by atoms with Crippen molar-refractivity contribution in [1.82, 2.24) is 30.7 Å². The first-order chi connectivity index (χ1) is 14.6. The zero-order valence-electron chi connectivity index (χ0n) is 16.5. The molecule has 0 aliphatic rings. The minimum atomic E-state index is -0.473. The van der Waals surface area contributed by atoms with Gasteiger partial charge in [0.15, 0.2) is 5.69 Å². The van der Waals surface area contributed by atoms with Crippen LogP contribution < -0.4 is 11.2 Å². The molecule has 2 aromatic heterocycles. The quantitative estimate of drug-likeness (QED) is 0.372. The van der Waals surface area contributed by atoms with E-state index < -0.39 is 5.91 Å². The van der Waals surface area contributed by atoms with Crippen LogP contribution in [0.3, 0.4) is 0 Å². The number of aromatic nitrogens is 5. The molecule has 0 radical (unpaired) electrons. The van der Waals surface area contributed by atoms with Gasteiger partial charge in [0, 0.05) is 5.56 Å². The third-order valence-corrected chi connectivity index (χ3v) is 4.67. The van der Waals surface area contributed by atoms with Gasteiger partial charge in [-0.05, 0) is 34.4 Å². The van der Waals surface area contributed by atoms with Gasteiger partial charge >= 0.3 is 0 Å². The van der Waals surface area contributed by atoms with E-state index in [0.29, 0.717) is 17.8 Å². The Morgan fingerprint density at radius 1 is 1.20 bits per heavy atom. The van der Waals surface area contributed by atoms with E-state index in [4.69, 9.17) is 5.73 Å². The summed E-state index contributed by atoms with van der Waals surface area (Å²) in [6, 6.07) is 14.0. The van der Waals surface area contributed by atoms with Crippen LogP contribution in [0.1, 0.15) is 42.0 Å². The van der Waals surface area contributed by atoms with E-state index >= 15 is 0 Å². The van der Waals surface area contributed by atoms with Crippen LogP contribution >= 0.6 is 0 Å². The van der Waals surface area contributed by atoms with Crippen LogP contribution in [0.5, 0.6) is 0 Å². The van der Waals surface area contributed by atoms with Crippen molar-refractivity contribution < 1.29 is 9.42 Å². The van der Waals surface area contributed by atoms with Gasteiger partial charge < -0.3 is 5.73 Å². The summed E-state index contributed by atoms with van der Waals surface area (Å²) in [4.78, 5) is 12.8. The summed E-state index contributed by atoms with van der Waals surface area (Å²) in [6.07, 6.45) is 1.30. The van der Waals surface area contributed by atoms with E-state index in [1.807, 2.05) is 56.3 Å². The highest BCUT2D eigenvalue weighted by molar-refractivity contribution is 6.10. The van der Waals surface area contributed by atoms with Crippen LogP contribution in [0.4, 0.5) is 5.82 Å². The zero-order valence-corrected chi connectivity index (χ0v) is 16.5. The van der Waals surface area contributed by atoms with Gasteiger partial charge in [-0.3, -0.25) is 4.79 Å². The Balaban J connectivity index is 1.62. The van der Waals surface area contributed by atoms with Crippen LogP contribution in [0.15, 0.2) is 52.2 Å². The average molecular weight is 404 g/mol. The monoisotopic (exact) mass is 404 g/mol. The molecule has 152 valence electrons. The van der Waals surface area contributed by atoms with Gasteiger partial charge in [0.1, 0.15) is 0 Å². The second-order valence-electron chi connectivity index (χ2n) is 6.68. The lowest BCUT2D eigenvalue weighted by Crippen LogP contribution is -2.21. The van der Waals surface area contributed by atoms with Crippen molar-refractivity contribution in [2.75, 3.05) is 5.73 Å². The van der Waals surface area contributed by atoms with Crippen molar-refractivity contribution >= 4 is 28.2 Å². The molecule has 0 unspecified atom stereocenters. The molecule has 0 aliphatic heterocycles. The summed E-state index contributed by atoms with van der Waals surface area (Å²) in [6.45, 7) is 3.82. The van der Waals surface area contributed by atoms with Crippen molar-refractivity contribution in [1.29, 1.82) is 0 Å². The minimum Gasteiger partial charge on any atom is -0.378 e. The van der Waals surface area contributed by atoms with Gasteiger partial charge in [0.05, 0.1) is 11.4 Å². The Morgan fingerprint density at radius 3 is 2.77 bits per heavy atom. The number of nitrogens with one attached hydrogen (secondary N) is 1. The number of nitrogen functional groups attached to an aromatic ring is 1. The second kappa shape index (κ2) is 8.11. The SMILES string of the molecule is CCCc1c(C(=O)N/N=C(/C)c2cccc3ccccc23)nnn1-c1nonc1N. The number of benzene rings is 2. The van der Waals surface area contributed by atoms with Gasteiger partial charge in [-0.25, -0.2) is 10.1 Å². The topological polar surface area (TPSA) is 137 Å². The first kappa shape index (κ1) is 19.2. The summed E-state index contributed by atoms with van der Waals surface area (Å²) in [5.74, 6) is -0.214. The van der Waals surface area contributed by atoms with Crippen LogP contribution in [-0.2, 0) is 6.42 Å². The molecular weight excluding hydrogens is 384 g/mol. The number of rotatable bonds is 6. The largest absolute Gasteiger partial charge is 0.378 e. The number of carbonyl (C=O) groups is 1. The number of anilines is 1. The Hall–Kier alpha value is -4.08. The standard InChI is InChI=1S/C20H20N8O2/c1-3-7-16-17(23-27-28(16)19-18(21)25-30-26-19)20(29)24-22-12(2)14-11-6-9-13-8-4-5-10-15(13)14/h4-6,8-11H,3,7H2,1-2H3,(H2,21,25)(H,24,29)/b22-12-. The fraction of sp³-hybridized carbons (Fsp3) is 0.200. The molecule has 0 atom stereocenters. The summed E-state index contributed by atoms with van der Waals surface area (Å²) in [7, 11) is 0. The maximum absolute atomic E-state index is 12.8. The van der Waals surface area contributed by atoms with Crippen molar-refractivity contribution in [2.24, 2.45) is 5.10 Å². The zero-order chi connectivity index (χ0) is 21.1. The predicted molar refractivity (Wildman–Crippen MR) is 111 cm³/mol. The van der Waals surface area contributed by atoms with Crippen molar-refractivity contribution in [3.8, 4) is 5.82 Å². The molecule has 0 spiro atoms. The van der Waals surface area contributed by atoms with Gasteiger partial charge in [0.2, 0.25) is 11.6 Å². The fourth-order valence-corrected chi connectivity index (χ4v) is 3.24. The summed E-state index contributed by atoms with van der Waals surface area (Å²) in [5.41, 5.74) is 10.6. The summed E-state index contributed by atoms with van der Waals surface area (Å²) < 4.78 is 6.00. The highest BCUT2D eigenvalue weighted by Gasteiger charge is 2.23. The highest BCUT2D eigenvalue weighted by atomic mass is 16.6. The Morgan fingerprint density at radius 2 is 2.00 bits per heavy atom. The van der Waals surface area contributed by atoms with E-state index in [2.05, 4.69) is 35.8 Å². The fourth-order valence-electron chi connectivity index (χ4n) is 3.24. The molecule has 1 amide bonds. The number of fused-ring (bicyclic) bond motifs is 1. The van der Waals surface area contributed by atoms with Crippen LogP contribution in [0.2, 0.25) is 0 Å². The molecule has 0 bridgehead atoms. The molecule has 10 nitrogen and oxygen atoms in total. The molecule has 4 rings (SSSR count). The Labute approximate surface area is 171 Å². The summed E-state index contributed by atoms with van der Waals surface area (Å²) in [5, 5.41) is 21.7. The normalized spacial score (nSPS) is 11.7. The lowest BCUT2D eigenvalue weighted by Gasteiger charge is -2.07. The molecule has 0 fully saturated rings. The molecule has 0 saturated carbocycles. The van der Waals surface area contributed by atoms with Gasteiger partial charge in [-0.1, -0.05) is 61.0 Å². The molecule has 30 heavy (non-hydrogen) atoms. The lowest BCUT2D eigenvalue weighted by atomic mass is 10.0. The number of nitrogens with two attached hydrogens (primary N) is 1. The summed E-state index contributed by atoms with van der Waals surface area (Å²) >= 11 is 0. The van der Waals surface area contributed by atoms with E-state index in [1.165, 1.54) is 4.68 Å². The third kappa shape index (κ3) is 3.50. The first-order valence-electron chi connectivity index (χ1n) is 9.46. The Kier molecular flexibility index (Phi) is 5.21. The molecule has 10 heteroatoms. The first-order valence-corrected chi connectivity index (χ1v) is 9.46. The van der Waals surface area contributed by atoms with E-state index in [9.17, 15) is 4.79 Å². The minimum absolute atomic E-state index is 0.0639. The number of hydrogen-bond donors (Lipinski definition) is 2. The van der Waals surface area contributed by atoms with Crippen LogP contribution in [0.25, 0.3) is 16.6 Å². The van der Waals surface area contributed by atoms with E-state index in [1.54, 1.807) is 0 Å². The third-order valence-electron chi connectivity index (χ3n) is 4.67. The number of hydrazone groups is 1. The molecule has 2 heterocycles. The molecule has 4 aromatic rings. The van der Waals surface area contributed by atoms with E-state index in [0.717, 1.165) is 22.8 Å². The highest BCUT2D eigenvalue weighted by Crippen LogP contribution is 2.20. The Bertz CT molecular complexity index is 1240. The van der Waals surface area contributed by atoms with Crippen molar-refractivity contribution in [2.45, 2.75) is 26.7 Å². The average Bonchev–Trinajstić information content (AvgIpc) is 3.37. The van der Waals surface area contributed by atoms with Crippen molar-refractivity contribution in [3.05, 3.63) is 59.4 Å². The van der Waals surface area contributed by atoms with Gasteiger partial charge in [-0.2, -0.15) is 9.78 Å². The molecule has 2 aromatic carbocycles. The number of carbonyl (C=O) groups excluding carboxylic acids is 1. The molecular formula is C20H20N8O2. The smallest absolute Gasteiger partial charge is 0.293 e. The maximum Gasteiger partial charge on any atom is 0.293 e. The maximum atomic E-state index is 12.8. The number of nitrogens with zero attached hydrogens (tertiary/aromatic N) is 6. The van der Waals surface area contributed by atoms with Gasteiger partial charge in [-0.15, -0.1) is 5.10 Å². The number of hydrogen-bond acceptors (Lipinski definition) is 8. The number of amides is 1. The second-order valence-corrected chi connectivity index (χ2v) is 6.68. The van der Waals surface area contributed by atoms with Crippen LogP contribution in [-0.4, -0.2) is 36.9 Å². The van der Waals surface area contributed by atoms with Crippen LogP contribution in [0, 0.1) is 0 Å². The predicted octanol–water partition coefficient (Wildman–Crippen LogP) is 2.49. The van der Waals surface area contributed by atoms with Gasteiger partial charge in [0.25, 0.3) is 5.91 Å². The molecule has 3 N–H and O–H groups in total. The lowest BCUT2D eigenvalue weighted by molar-refractivity contribution is 0.0948. The molecule has 0 aliphatic carbocycles.